The molecule has 0 saturated carbocycles. The number of nitriles is 1. The monoisotopic (exact) mass is 452 g/mol. The zero-order valence-electron chi connectivity index (χ0n) is 17.9. The maximum Gasteiger partial charge on any atom is 0.243 e. The lowest BCUT2D eigenvalue weighted by molar-refractivity contribution is 0.281. The van der Waals surface area contributed by atoms with E-state index >= 15 is 0 Å². The van der Waals surface area contributed by atoms with Crippen molar-refractivity contribution in [3.05, 3.63) is 54.2 Å². The summed E-state index contributed by atoms with van der Waals surface area (Å²) < 4.78 is 38.4. The van der Waals surface area contributed by atoms with Gasteiger partial charge in [0, 0.05) is 24.3 Å². The number of hydrogen-bond donors (Lipinski definition) is 1. The van der Waals surface area contributed by atoms with Gasteiger partial charge in [-0.15, -0.1) is 0 Å². The molecule has 166 valence electrons. The highest BCUT2D eigenvalue weighted by Gasteiger charge is 2.28. The number of nitrogens with zero attached hydrogens (tertiary/aromatic N) is 3. The van der Waals surface area contributed by atoms with Gasteiger partial charge in [-0.3, -0.25) is 0 Å². The molecule has 0 radical (unpaired) electrons. The number of hydrogen-bond acceptors (Lipinski definition) is 7. The van der Waals surface area contributed by atoms with E-state index in [9.17, 15) is 13.7 Å². The lowest BCUT2D eigenvalue weighted by atomic mass is 10.0. The van der Waals surface area contributed by atoms with Gasteiger partial charge in [0.1, 0.15) is 11.8 Å². The lowest BCUT2D eigenvalue weighted by Gasteiger charge is -2.30. The van der Waals surface area contributed by atoms with Crippen LogP contribution in [0.4, 0.5) is 11.6 Å². The fraction of sp³-hybridized carbons (Fsp3) is 0.304. The molecule has 1 aromatic heterocycles. The second-order valence-electron chi connectivity index (χ2n) is 7.80. The van der Waals surface area contributed by atoms with Crippen molar-refractivity contribution in [3.8, 4) is 23.3 Å². The van der Waals surface area contributed by atoms with Gasteiger partial charge < -0.3 is 14.5 Å². The molecule has 4 rings (SSSR count). The van der Waals surface area contributed by atoms with Crippen LogP contribution in [0.2, 0.25) is 0 Å². The summed E-state index contributed by atoms with van der Waals surface area (Å²) in [6.07, 6.45) is 1.92. The highest BCUT2D eigenvalue weighted by Crippen LogP contribution is 2.30. The van der Waals surface area contributed by atoms with Gasteiger partial charge >= 0.3 is 0 Å². The van der Waals surface area contributed by atoms with Gasteiger partial charge in [0.05, 0.1) is 12.0 Å². The SMILES string of the molecule is COc1ccc(Nc2oc(-c3ccc(S(=O)(=O)N4CCC[C@H](C)C4)cc3)nc2C#N)cc1. The molecule has 1 atom stereocenters. The molecule has 0 bridgehead atoms. The van der Waals surface area contributed by atoms with Crippen LogP contribution in [-0.4, -0.2) is 37.9 Å². The topological polar surface area (TPSA) is 108 Å². The van der Waals surface area contributed by atoms with Gasteiger partial charge in [-0.25, -0.2) is 8.42 Å². The van der Waals surface area contributed by atoms with Crippen molar-refractivity contribution >= 4 is 21.6 Å². The van der Waals surface area contributed by atoms with Crippen LogP contribution in [0.25, 0.3) is 11.5 Å². The minimum Gasteiger partial charge on any atom is -0.497 e. The van der Waals surface area contributed by atoms with E-state index in [-0.39, 0.29) is 22.4 Å². The van der Waals surface area contributed by atoms with Crippen molar-refractivity contribution in [2.24, 2.45) is 5.92 Å². The molecule has 9 heteroatoms. The Kier molecular flexibility index (Phi) is 6.17. The van der Waals surface area contributed by atoms with E-state index in [1.54, 1.807) is 59.9 Å². The fourth-order valence-electron chi connectivity index (χ4n) is 3.69. The number of methoxy groups -OCH3 is 1. The Morgan fingerprint density at radius 2 is 1.91 bits per heavy atom. The molecule has 1 saturated heterocycles. The number of sulfonamides is 1. The number of benzene rings is 2. The van der Waals surface area contributed by atoms with E-state index in [1.807, 2.05) is 6.07 Å². The zero-order chi connectivity index (χ0) is 22.7. The minimum absolute atomic E-state index is 0.106. The first-order chi connectivity index (χ1) is 15.4. The molecular weight excluding hydrogens is 428 g/mol. The van der Waals surface area contributed by atoms with Crippen LogP contribution in [0.15, 0.2) is 57.8 Å². The third kappa shape index (κ3) is 4.47. The lowest BCUT2D eigenvalue weighted by Crippen LogP contribution is -2.39. The van der Waals surface area contributed by atoms with Gasteiger partial charge in [-0.2, -0.15) is 14.6 Å². The van der Waals surface area contributed by atoms with E-state index in [0.717, 1.165) is 12.8 Å². The Hall–Kier alpha value is -3.35. The number of anilines is 2. The second-order valence-corrected chi connectivity index (χ2v) is 9.73. The summed E-state index contributed by atoms with van der Waals surface area (Å²) in [7, 11) is -1.95. The van der Waals surface area contributed by atoms with Crippen LogP contribution >= 0.6 is 0 Å². The number of nitrogens with one attached hydrogen (secondary N) is 1. The molecule has 1 N–H and O–H groups in total. The molecule has 1 aliphatic heterocycles. The Balaban J connectivity index is 1.55. The predicted molar refractivity (Wildman–Crippen MR) is 120 cm³/mol. The van der Waals surface area contributed by atoms with Gasteiger partial charge in [0.25, 0.3) is 0 Å². The summed E-state index contributed by atoms with van der Waals surface area (Å²) in [4.78, 5) is 4.48. The van der Waals surface area contributed by atoms with E-state index < -0.39 is 10.0 Å². The van der Waals surface area contributed by atoms with Crippen molar-refractivity contribution in [1.82, 2.24) is 9.29 Å². The van der Waals surface area contributed by atoms with Gasteiger partial charge in [0.15, 0.2) is 0 Å². The highest BCUT2D eigenvalue weighted by atomic mass is 32.2. The van der Waals surface area contributed by atoms with Gasteiger partial charge in [0.2, 0.25) is 27.5 Å². The van der Waals surface area contributed by atoms with Crippen LogP contribution in [0.1, 0.15) is 25.5 Å². The summed E-state index contributed by atoms with van der Waals surface area (Å²) in [5.41, 5.74) is 1.40. The van der Waals surface area contributed by atoms with Crippen molar-refractivity contribution in [3.63, 3.8) is 0 Å². The average Bonchev–Trinajstić information content (AvgIpc) is 3.22. The Morgan fingerprint density at radius 1 is 1.19 bits per heavy atom. The quantitative estimate of drug-likeness (QED) is 0.591. The number of rotatable bonds is 6. The van der Waals surface area contributed by atoms with Crippen molar-refractivity contribution in [2.75, 3.05) is 25.5 Å². The van der Waals surface area contributed by atoms with Crippen molar-refractivity contribution < 1.29 is 17.6 Å². The smallest absolute Gasteiger partial charge is 0.243 e. The fourth-order valence-corrected chi connectivity index (χ4v) is 5.29. The molecule has 0 amide bonds. The summed E-state index contributed by atoms with van der Waals surface area (Å²) >= 11 is 0. The van der Waals surface area contributed by atoms with Crippen molar-refractivity contribution in [2.45, 2.75) is 24.7 Å². The molecule has 3 aromatic rings. The van der Waals surface area contributed by atoms with Crippen molar-refractivity contribution in [1.29, 1.82) is 5.26 Å². The summed E-state index contributed by atoms with van der Waals surface area (Å²) in [6, 6.07) is 15.6. The highest BCUT2D eigenvalue weighted by molar-refractivity contribution is 7.89. The number of aromatic nitrogens is 1. The first-order valence-corrected chi connectivity index (χ1v) is 11.8. The second kappa shape index (κ2) is 9.02. The number of ether oxygens (including phenoxy) is 1. The van der Waals surface area contributed by atoms with E-state index in [1.165, 1.54) is 0 Å². The standard InChI is InChI=1S/C23H24N4O4S/c1-16-4-3-13-27(15-16)32(28,29)20-11-5-17(6-12-20)22-26-21(14-24)23(31-22)25-18-7-9-19(30-2)10-8-18/h5-12,16,25H,3-4,13,15H2,1-2H3/t16-/m0/s1. The Bertz CT molecular complexity index is 1230. The third-order valence-corrected chi connectivity index (χ3v) is 7.32. The Morgan fingerprint density at radius 3 is 2.53 bits per heavy atom. The molecule has 8 nitrogen and oxygen atoms in total. The molecule has 32 heavy (non-hydrogen) atoms. The predicted octanol–water partition coefficient (Wildman–Crippen LogP) is 4.39. The summed E-state index contributed by atoms with van der Waals surface area (Å²) in [6.45, 7) is 3.15. The molecule has 0 spiro atoms. The van der Waals surface area contributed by atoms with Gasteiger partial charge in [-0.05, 0) is 67.3 Å². The van der Waals surface area contributed by atoms with Gasteiger partial charge in [-0.1, -0.05) is 6.92 Å². The zero-order valence-corrected chi connectivity index (χ0v) is 18.7. The molecule has 1 aliphatic rings. The molecule has 2 aromatic carbocycles. The normalized spacial score (nSPS) is 17.0. The van der Waals surface area contributed by atoms with E-state index in [4.69, 9.17) is 9.15 Å². The number of oxazole rings is 1. The van der Waals surface area contributed by atoms with Crippen LogP contribution in [-0.2, 0) is 10.0 Å². The first kappa shape index (κ1) is 21.9. The minimum atomic E-state index is -3.54. The van der Waals surface area contributed by atoms with Crippen LogP contribution in [0.3, 0.4) is 0 Å². The first-order valence-electron chi connectivity index (χ1n) is 10.3. The molecule has 0 unspecified atom stereocenters. The number of piperidine rings is 1. The van der Waals surface area contributed by atoms with E-state index in [2.05, 4.69) is 17.2 Å². The summed E-state index contributed by atoms with van der Waals surface area (Å²) in [5.74, 6) is 1.51. The molecule has 1 fully saturated rings. The molecular formula is C23H24N4O4S. The molecule has 0 aliphatic carbocycles. The maximum absolute atomic E-state index is 13.0. The Labute approximate surface area is 187 Å². The van der Waals surface area contributed by atoms with Crippen LogP contribution in [0, 0.1) is 17.2 Å². The molecule has 2 heterocycles. The largest absolute Gasteiger partial charge is 0.497 e. The third-order valence-electron chi connectivity index (χ3n) is 5.44. The van der Waals surface area contributed by atoms with Crippen LogP contribution < -0.4 is 10.1 Å². The maximum atomic E-state index is 13.0. The van der Waals surface area contributed by atoms with Crippen LogP contribution in [0.5, 0.6) is 5.75 Å². The average molecular weight is 453 g/mol. The van der Waals surface area contributed by atoms with E-state index in [0.29, 0.717) is 36.0 Å². The summed E-state index contributed by atoms with van der Waals surface area (Å²) in [5, 5.41) is 12.5.